The van der Waals surface area contributed by atoms with Crippen LogP contribution in [0, 0.1) is 5.82 Å². The molecule has 23 heavy (non-hydrogen) atoms. The molecule has 1 aromatic carbocycles. The lowest BCUT2D eigenvalue weighted by Gasteiger charge is -2.42. The van der Waals surface area contributed by atoms with Crippen LogP contribution < -0.4 is 10.6 Å². The van der Waals surface area contributed by atoms with Crippen molar-refractivity contribution in [1.29, 1.82) is 0 Å². The summed E-state index contributed by atoms with van der Waals surface area (Å²) in [7, 11) is 0. The summed E-state index contributed by atoms with van der Waals surface area (Å²) in [6.45, 7) is 2.89. The molecule has 1 saturated carbocycles. The van der Waals surface area contributed by atoms with E-state index in [9.17, 15) is 14.0 Å². The Kier molecular flexibility index (Phi) is 5.92. The van der Waals surface area contributed by atoms with E-state index in [4.69, 9.17) is 5.11 Å². The predicted octanol–water partition coefficient (Wildman–Crippen LogP) is 1.56. The Morgan fingerprint density at radius 3 is 2.74 bits per heavy atom. The number of amides is 2. The number of halogens is 1. The van der Waals surface area contributed by atoms with Crippen molar-refractivity contribution in [3.63, 3.8) is 0 Å². The average Bonchev–Trinajstić information content (AvgIpc) is 2.46. The SMILES string of the molecule is CCN(CC(=O)O)C1CC(NC(=O)NCc2cccc(F)c2)C1. The molecule has 3 N–H and O–H groups in total. The summed E-state index contributed by atoms with van der Waals surface area (Å²) in [5, 5.41) is 14.4. The smallest absolute Gasteiger partial charge is 0.317 e. The number of hydrogen-bond donors (Lipinski definition) is 3. The molecule has 1 aromatic rings. The van der Waals surface area contributed by atoms with E-state index >= 15 is 0 Å². The van der Waals surface area contributed by atoms with Crippen LogP contribution in [0.15, 0.2) is 24.3 Å². The summed E-state index contributed by atoms with van der Waals surface area (Å²) in [5.41, 5.74) is 0.699. The summed E-state index contributed by atoms with van der Waals surface area (Å²) >= 11 is 0. The number of urea groups is 1. The van der Waals surface area contributed by atoms with Crippen molar-refractivity contribution in [2.45, 2.75) is 38.4 Å². The zero-order valence-electron chi connectivity index (χ0n) is 13.1. The molecular formula is C16H22FN3O3. The predicted molar refractivity (Wildman–Crippen MR) is 83.5 cm³/mol. The Bertz CT molecular complexity index is 561. The van der Waals surface area contributed by atoms with Crippen LogP contribution in [0.1, 0.15) is 25.3 Å². The Labute approximate surface area is 134 Å². The normalized spacial score (nSPS) is 20.0. The molecule has 2 amide bonds. The third-order valence-corrected chi connectivity index (χ3v) is 4.05. The first-order chi connectivity index (χ1) is 11.0. The molecule has 0 radical (unpaired) electrons. The molecule has 0 atom stereocenters. The molecule has 1 aliphatic rings. The molecule has 0 spiro atoms. The summed E-state index contributed by atoms with van der Waals surface area (Å²) in [4.78, 5) is 24.5. The fourth-order valence-corrected chi connectivity index (χ4v) is 2.74. The van der Waals surface area contributed by atoms with E-state index in [1.807, 2.05) is 11.8 Å². The van der Waals surface area contributed by atoms with Crippen LogP contribution in [-0.2, 0) is 11.3 Å². The molecule has 6 nitrogen and oxygen atoms in total. The van der Waals surface area contributed by atoms with Crippen LogP contribution in [0.25, 0.3) is 0 Å². The fraction of sp³-hybridized carbons (Fsp3) is 0.500. The molecular weight excluding hydrogens is 301 g/mol. The number of carbonyl (C=O) groups is 2. The van der Waals surface area contributed by atoms with Gasteiger partial charge in [0.25, 0.3) is 0 Å². The minimum absolute atomic E-state index is 0.0274. The lowest BCUT2D eigenvalue weighted by atomic mass is 9.85. The highest BCUT2D eigenvalue weighted by molar-refractivity contribution is 5.74. The maximum absolute atomic E-state index is 13.0. The van der Waals surface area contributed by atoms with E-state index in [0.717, 1.165) is 12.8 Å². The minimum Gasteiger partial charge on any atom is -0.480 e. The van der Waals surface area contributed by atoms with Gasteiger partial charge in [-0.15, -0.1) is 0 Å². The van der Waals surface area contributed by atoms with E-state index in [1.54, 1.807) is 12.1 Å². The van der Waals surface area contributed by atoms with Crippen molar-refractivity contribution in [2.24, 2.45) is 0 Å². The number of nitrogens with one attached hydrogen (secondary N) is 2. The number of rotatable bonds is 7. The molecule has 126 valence electrons. The van der Waals surface area contributed by atoms with Crippen LogP contribution in [0.3, 0.4) is 0 Å². The monoisotopic (exact) mass is 323 g/mol. The van der Waals surface area contributed by atoms with Gasteiger partial charge >= 0.3 is 12.0 Å². The number of nitrogens with zero attached hydrogens (tertiary/aromatic N) is 1. The Hall–Kier alpha value is -2.15. The number of carboxylic acids is 1. The first-order valence-corrected chi connectivity index (χ1v) is 7.72. The highest BCUT2D eigenvalue weighted by atomic mass is 19.1. The van der Waals surface area contributed by atoms with Crippen LogP contribution in [-0.4, -0.2) is 47.2 Å². The van der Waals surface area contributed by atoms with Crippen LogP contribution in [0.2, 0.25) is 0 Å². The molecule has 0 bridgehead atoms. The first-order valence-electron chi connectivity index (χ1n) is 7.72. The second-order valence-electron chi connectivity index (χ2n) is 5.74. The van der Waals surface area contributed by atoms with E-state index in [1.165, 1.54) is 12.1 Å². The van der Waals surface area contributed by atoms with E-state index < -0.39 is 5.97 Å². The first kappa shape index (κ1) is 17.2. The van der Waals surface area contributed by atoms with Crippen molar-refractivity contribution in [2.75, 3.05) is 13.1 Å². The van der Waals surface area contributed by atoms with Crippen LogP contribution >= 0.6 is 0 Å². The number of carboxylic acid groups (broad SMARTS) is 1. The largest absolute Gasteiger partial charge is 0.480 e. The summed E-state index contributed by atoms with van der Waals surface area (Å²) < 4.78 is 13.0. The number of aliphatic carboxylic acids is 1. The maximum atomic E-state index is 13.0. The van der Waals surface area contributed by atoms with Gasteiger partial charge in [-0.2, -0.15) is 0 Å². The highest BCUT2D eigenvalue weighted by Gasteiger charge is 2.34. The topological polar surface area (TPSA) is 81.7 Å². The lowest BCUT2D eigenvalue weighted by molar-refractivity contribution is -0.139. The summed E-state index contributed by atoms with van der Waals surface area (Å²) in [6.07, 6.45) is 1.49. The quantitative estimate of drug-likeness (QED) is 0.711. The van der Waals surface area contributed by atoms with Gasteiger partial charge in [0.1, 0.15) is 5.82 Å². The molecule has 0 unspecified atom stereocenters. The average molecular weight is 323 g/mol. The van der Waals surface area contributed by atoms with Crippen molar-refractivity contribution < 1.29 is 19.1 Å². The van der Waals surface area contributed by atoms with Gasteiger partial charge in [-0.1, -0.05) is 19.1 Å². The second-order valence-corrected chi connectivity index (χ2v) is 5.74. The Morgan fingerprint density at radius 1 is 1.39 bits per heavy atom. The maximum Gasteiger partial charge on any atom is 0.317 e. The number of benzene rings is 1. The standard InChI is InChI=1S/C16H22FN3O3/c1-2-20(10-15(21)22)14-7-13(8-14)19-16(23)18-9-11-4-3-5-12(17)6-11/h3-6,13-14H,2,7-10H2,1H3,(H,21,22)(H2,18,19,23). The molecule has 1 aliphatic carbocycles. The summed E-state index contributed by atoms with van der Waals surface area (Å²) in [6, 6.07) is 6.04. The van der Waals surface area contributed by atoms with Gasteiger partial charge in [0.05, 0.1) is 6.54 Å². The Balaban J connectivity index is 1.68. The van der Waals surface area contributed by atoms with Gasteiger partial charge in [-0.25, -0.2) is 9.18 Å². The van der Waals surface area contributed by atoms with Gasteiger partial charge in [0, 0.05) is 18.6 Å². The van der Waals surface area contributed by atoms with E-state index in [0.29, 0.717) is 12.1 Å². The van der Waals surface area contributed by atoms with E-state index in [2.05, 4.69) is 10.6 Å². The molecule has 1 fully saturated rings. The van der Waals surface area contributed by atoms with Crippen molar-refractivity contribution in [3.05, 3.63) is 35.6 Å². The van der Waals surface area contributed by atoms with Crippen molar-refractivity contribution >= 4 is 12.0 Å². The second kappa shape index (κ2) is 7.92. The molecule has 7 heteroatoms. The van der Waals surface area contributed by atoms with Gasteiger partial charge in [-0.3, -0.25) is 9.69 Å². The zero-order valence-corrected chi connectivity index (χ0v) is 13.1. The van der Waals surface area contributed by atoms with Crippen LogP contribution in [0.4, 0.5) is 9.18 Å². The molecule has 0 aromatic heterocycles. The molecule has 0 saturated heterocycles. The van der Waals surface area contributed by atoms with Gasteiger partial charge in [0.2, 0.25) is 0 Å². The van der Waals surface area contributed by atoms with Crippen molar-refractivity contribution in [3.8, 4) is 0 Å². The fourth-order valence-electron chi connectivity index (χ4n) is 2.74. The highest BCUT2D eigenvalue weighted by Crippen LogP contribution is 2.25. The van der Waals surface area contributed by atoms with Crippen LogP contribution in [0.5, 0.6) is 0 Å². The van der Waals surface area contributed by atoms with Gasteiger partial charge in [-0.05, 0) is 37.1 Å². The van der Waals surface area contributed by atoms with Gasteiger partial charge in [0.15, 0.2) is 0 Å². The third kappa shape index (κ3) is 5.21. The zero-order chi connectivity index (χ0) is 16.8. The van der Waals surface area contributed by atoms with Crippen molar-refractivity contribution in [1.82, 2.24) is 15.5 Å². The number of hydrogen-bond acceptors (Lipinski definition) is 3. The molecule has 0 heterocycles. The number of carbonyl (C=O) groups excluding carboxylic acids is 1. The Morgan fingerprint density at radius 2 is 2.13 bits per heavy atom. The minimum atomic E-state index is -0.837. The summed E-state index contributed by atoms with van der Waals surface area (Å²) in [5.74, 6) is -1.17. The molecule has 2 rings (SSSR count). The van der Waals surface area contributed by atoms with Gasteiger partial charge < -0.3 is 15.7 Å². The molecule has 0 aliphatic heterocycles. The lowest BCUT2D eigenvalue weighted by Crippen LogP contribution is -2.56. The third-order valence-electron chi connectivity index (χ3n) is 4.05. The number of likely N-dealkylation sites (N-methyl/N-ethyl adjacent to an activating group) is 1. The van der Waals surface area contributed by atoms with E-state index in [-0.39, 0.29) is 37.0 Å².